The first-order valence-electron chi connectivity index (χ1n) is 6.78. The Hall–Kier alpha value is -1.36. The summed E-state index contributed by atoms with van der Waals surface area (Å²) in [6, 6.07) is 4.44. The van der Waals surface area contributed by atoms with Gasteiger partial charge in [-0.3, -0.25) is 9.59 Å². The monoisotopic (exact) mass is 278 g/mol. The molecule has 2 atom stereocenters. The van der Waals surface area contributed by atoms with Crippen LogP contribution in [0.2, 0.25) is 0 Å². The van der Waals surface area contributed by atoms with E-state index in [1.54, 1.807) is 11.3 Å². The first kappa shape index (κ1) is 12.7. The van der Waals surface area contributed by atoms with Crippen LogP contribution in [-0.2, 0) is 9.59 Å². The van der Waals surface area contributed by atoms with Crippen molar-refractivity contribution in [3.63, 3.8) is 0 Å². The minimum Gasteiger partial charge on any atom is -0.348 e. The summed E-state index contributed by atoms with van der Waals surface area (Å²) in [5.41, 5.74) is 0. The number of carbonyl (C=O) groups excluding carboxylic acids is 2. The molecule has 2 unspecified atom stereocenters. The molecule has 0 aromatic carbocycles. The second-order valence-corrected chi connectivity index (χ2v) is 6.40. The van der Waals surface area contributed by atoms with Crippen LogP contribution in [0.4, 0.5) is 0 Å². The first-order chi connectivity index (χ1) is 9.15. The van der Waals surface area contributed by atoms with E-state index in [0.717, 1.165) is 17.7 Å². The van der Waals surface area contributed by atoms with Crippen LogP contribution in [-0.4, -0.2) is 29.3 Å². The van der Waals surface area contributed by atoms with Crippen molar-refractivity contribution in [1.82, 2.24) is 10.2 Å². The van der Waals surface area contributed by atoms with Crippen molar-refractivity contribution < 1.29 is 9.59 Å². The number of hydrogen-bond acceptors (Lipinski definition) is 3. The van der Waals surface area contributed by atoms with Crippen LogP contribution in [0.15, 0.2) is 17.5 Å². The average Bonchev–Trinajstić information content (AvgIpc) is 2.92. The van der Waals surface area contributed by atoms with Gasteiger partial charge >= 0.3 is 0 Å². The van der Waals surface area contributed by atoms with Gasteiger partial charge in [0.2, 0.25) is 11.8 Å². The smallest absolute Gasteiger partial charge is 0.225 e. The Morgan fingerprint density at radius 2 is 2.32 bits per heavy atom. The first-order valence-corrected chi connectivity index (χ1v) is 7.66. The maximum absolute atomic E-state index is 12.2. The van der Waals surface area contributed by atoms with Gasteiger partial charge in [0.05, 0.1) is 12.0 Å². The Morgan fingerprint density at radius 3 is 2.95 bits per heavy atom. The molecule has 19 heavy (non-hydrogen) atoms. The molecule has 1 saturated heterocycles. The molecule has 2 aliphatic rings. The third-order valence-electron chi connectivity index (χ3n) is 3.85. The third-order valence-corrected chi connectivity index (χ3v) is 4.90. The predicted molar refractivity (Wildman–Crippen MR) is 73.7 cm³/mol. The zero-order chi connectivity index (χ0) is 13.4. The number of thiophene rings is 1. The van der Waals surface area contributed by atoms with Gasteiger partial charge in [-0.05, 0) is 31.2 Å². The molecule has 4 nitrogen and oxygen atoms in total. The van der Waals surface area contributed by atoms with E-state index >= 15 is 0 Å². The molecular formula is C14H18N2O2S. The van der Waals surface area contributed by atoms with Gasteiger partial charge in [0.1, 0.15) is 0 Å². The summed E-state index contributed by atoms with van der Waals surface area (Å²) in [6.45, 7) is 2.59. The molecule has 2 fully saturated rings. The van der Waals surface area contributed by atoms with Crippen molar-refractivity contribution in [1.29, 1.82) is 0 Å². The number of rotatable bonds is 4. The Balaban J connectivity index is 1.57. The SMILES string of the molecule is CC(NC(=O)C1CC(=O)N(C2CC2)C1)c1cccs1. The molecule has 1 aliphatic carbocycles. The van der Waals surface area contributed by atoms with Crippen LogP contribution in [0.25, 0.3) is 0 Å². The largest absolute Gasteiger partial charge is 0.348 e. The van der Waals surface area contributed by atoms with E-state index in [0.29, 0.717) is 19.0 Å². The fraction of sp³-hybridized carbons (Fsp3) is 0.571. The molecular weight excluding hydrogens is 260 g/mol. The van der Waals surface area contributed by atoms with E-state index in [1.807, 2.05) is 29.3 Å². The third kappa shape index (κ3) is 2.66. The summed E-state index contributed by atoms with van der Waals surface area (Å²) in [5, 5.41) is 5.02. The van der Waals surface area contributed by atoms with Crippen LogP contribution in [0.3, 0.4) is 0 Å². The summed E-state index contributed by atoms with van der Waals surface area (Å²) in [6.07, 6.45) is 2.58. The molecule has 5 heteroatoms. The summed E-state index contributed by atoms with van der Waals surface area (Å²) in [5.74, 6) is -0.0145. The quantitative estimate of drug-likeness (QED) is 0.915. The highest BCUT2D eigenvalue weighted by Crippen LogP contribution is 2.32. The Kier molecular flexibility index (Phi) is 3.31. The van der Waals surface area contributed by atoms with Crippen LogP contribution in [0.1, 0.15) is 37.1 Å². The number of nitrogens with zero attached hydrogens (tertiary/aromatic N) is 1. The highest BCUT2D eigenvalue weighted by molar-refractivity contribution is 7.10. The van der Waals surface area contributed by atoms with Crippen molar-refractivity contribution in [2.45, 2.75) is 38.3 Å². The van der Waals surface area contributed by atoms with Crippen molar-refractivity contribution in [2.75, 3.05) is 6.54 Å². The van der Waals surface area contributed by atoms with Crippen molar-refractivity contribution in [3.8, 4) is 0 Å². The minimum absolute atomic E-state index is 0.0115. The van der Waals surface area contributed by atoms with Crippen LogP contribution >= 0.6 is 11.3 Å². The van der Waals surface area contributed by atoms with E-state index in [2.05, 4.69) is 5.32 Å². The lowest BCUT2D eigenvalue weighted by atomic mass is 10.1. The van der Waals surface area contributed by atoms with Crippen LogP contribution in [0, 0.1) is 5.92 Å². The summed E-state index contributed by atoms with van der Waals surface area (Å²) in [7, 11) is 0. The molecule has 1 aliphatic heterocycles. The fourth-order valence-electron chi connectivity index (χ4n) is 2.59. The molecule has 1 aromatic rings. The lowest BCUT2D eigenvalue weighted by Gasteiger charge is -2.17. The molecule has 0 bridgehead atoms. The number of carbonyl (C=O) groups is 2. The van der Waals surface area contributed by atoms with E-state index < -0.39 is 0 Å². The highest BCUT2D eigenvalue weighted by atomic mass is 32.1. The second kappa shape index (κ2) is 4.96. The molecule has 1 N–H and O–H groups in total. The van der Waals surface area contributed by atoms with Crippen LogP contribution < -0.4 is 5.32 Å². The molecule has 0 radical (unpaired) electrons. The molecule has 2 amide bonds. The van der Waals surface area contributed by atoms with Gasteiger partial charge in [0.25, 0.3) is 0 Å². The van der Waals surface area contributed by atoms with E-state index in [9.17, 15) is 9.59 Å². The summed E-state index contributed by atoms with van der Waals surface area (Å²) < 4.78 is 0. The molecule has 3 rings (SSSR count). The van der Waals surface area contributed by atoms with Gasteiger partial charge in [0.15, 0.2) is 0 Å². The molecule has 2 heterocycles. The van der Waals surface area contributed by atoms with Gasteiger partial charge in [-0.1, -0.05) is 6.07 Å². The maximum Gasteiger partial charge on any atom is 0.225 e. The molecule has 1 aromatic heterocycles. The molecule has 1 saturated carbocycles. The Morgan fingerprint density at radius 1 is 1.53 bits per heavy atom. The number of hydrogen-bond donors (Lipinski definition) is 1. The van der Waals surface area contributed by atoms with Crippen molar-refractivity contribution in [2.24, 2.45) is 5.92 Å². The second-order valence-electron chi connectivity index (χ2n) is 5.42. The summed E-state index contributed by atoms with van der Waals surface area (Å²) in [4.78, 5) is 27.1. The van der Waals surface area contributed by atoms with E-state index in [1.165, 1.54) is 0 Å². The van der Waals surface area contributed by atoms with Gasteiger partial charge in [-0.15, -0.1) is 11.3 Å². The van der Waals surface area contributed by atoms with Gasteiger partial charge in [-0.25, -0.2) is 0 Å². The number of likely N-dealkylation sites (tertiary alicyclic amines) is 1. The van der Waals surface area contributed by atoms with E-state index in [-0.39, 0.29) is 23.8 Å². The summed E-state index contributed by atoms with van der Waals surface area (Å²) >= 11 is 1.64. The van der Waals surface area contributed by atoms with Gasteiger partial charge in [0, 0.05) is 23.9 Å². The number of amides is 2. The van der Waals surface area contributed by atoms with E-state index in [4.69, 9.17) is 0 Å². The number of nitrogens with one attached hydrogen (secondary N) is 1. The topological polar surface area (TPSA) is 49.4 Å². The van der Waals surface area contributed by atoms with Crippen molar-refractivity contribution >= 4 is 23.2 Å². The maximum atomic E-state index is 12.2. The van der Waals surface area contributed by atoms with Crippen LogP contribution in [0.5, 0.6) is 0 Å². The van der Waals surface area contributed by atoms with Gasteiger partial charge in [-0.2, -0.15) is 0 Å². The van der Waals surface area contributed by atoms with Gasteiger partial charge < -0.3 is 10.2 Å². The predicted octanol–water partition coefficient (Wildman–Crippen LogP) is 1.94. The zero-order valence-corrected chi connectivity index (χ0v) is 11.8. The normalized spacial score (nSPS) is 24.6. The highest BCUT2D eigenvalue weighted by Gasteiger charge is 2.41. The lowest BCUT2D eigenvalue weighted by molar-refractivity contribution is -0.129. The molecule has 102 valence electrons. The fourth-order valence-corrected chi connectivity index (χ4v) is 3.32. The standard InChI is InChI=1S/C14H18N2O2S/c1-9(12-3-2-6-19-12)15-14(18)10-7-13(17)16(8-10)11-4-5-11/h2-3,6,9-11H,4-5,7-8H2,1H3,(H,15,18). The lowest BCUT2D eigenvalue weighted by Crippen LogP contribution is -2.34. The Bertz CT molecular complexity index is 482. The Labute approximate surface area is 116 Å². The van der Waals surface area contributed by atoms with Crippen molar-refractivity contribution in [3.05, 3.63) is 22.4 Å². The molecule has 0 spiro atoms. The zero-order valence-electron chi connectivity index (χ0n) is 11.0. The minimum atomic E-state index is -0.171. The average molecular weight is 278 g/mol.